The van der Waals surface area contributed by atoms with Gasteiger partial charge in [0.2, 0.25) is 5.91 Å². The van der Waals surface area contributed by atoms with E-state index in [2.05, 4.69) is 16.0 Å². The van der Waals surface area contributed by atoms with Crippen molar-refractivity contribution >= 4 is 17.9 Å². The van der Waals surface area contributed by atoms with Gasteiger partial charge in [-0.1, -0.05) is 0 Å². The van der Waals surface area contributed by atoms with E-state index in [1.165, 1.54) is 0 Å². The van der Waals surface area contributed by atoms with Crippen molar-refractivity contribution in [3.63, 3.8) is 0 Å². The highest BCUT2D eigenvalue weighted by molar-refractivity contribution is 5.95. The zero-order valence-electron chi connectivity index (χ0n) is 9.71. The zero-order valence-corrected chi connectivity index (χ0v) is 9.71. The lowest BCUT2D eigenvalue weighted by molar-refractivity contribution is -0.148. The molecule has 7 nitrogen and oxygen atoms in total. The van der Waals surface area contributed by atoms with Crippen LogP contribution in [0.1, 0.15) is 26.2 Å². The maximum Gasteiger partial charge on any atom is 0.323 e. The highest BCUT2D eigenvalue weighted by atomic mass is 16.4. The summed E-state index contributed by atoms with van der Waals surface area (Å²) >= 11 is 0. The second kappa shape index (κ2) is 5.62. The number of carbonyl (C=O) groups excluding carboxylic acids is 2. The molecule has 0 aromatic rings. The molecule has 1 rings (SSSR count). The molecule has 4 N–H and O–H groups in total. The predicted octanol–water partition coefficient (Wildman–Crippen LogP) is -0.571. The van der Waals surface area contributed by atoms with E-state index < -0.39 is 23.4 Å². The van der Waals surface area contributed by atoms with Gasteiger partial charge in [-0.2, -0.15) is 0 Å². The molecule has 0 saturated heterocycles. The molecule has 0 spiro atoms. The average Bonchev–Trinajstić information content (AvgIpc) is 2.15. The topological polar surface area (TPSA) is 108 Å². The molecule has 1 aliphatic rings. The Morgan fingerprint density at radius 3 is 2.35 bits per heavy atom. The number of carbonyl (C=O) groups is 3. The van der Waals surface area contributed by atoms with Crippen molar-refractivity contribution in [3.8, 4) is 0 Å². The Kier molecular flexibility index (Phi) is 4.45. The van der Waals surface area contributed by atoms with E-state index in [4.69, 9.17) is 5.11 Å². The third-order valence-corrected chi connectivity index (χ3v) is 2.79. The van der Waals surface area contributed by atoms with Gasteiger partial charge >= 0.3 is 12.0 Å². The summed E-state index contributed by atoms with van der Waals surface area (Å²) in [4.78, 5) is 33.3. The smallest absolute Gasteiger partial charge is 0.323 e. The number of amides is 3. The van der Waals surface area contributed by atoms with E-state index in [9.17, 15) is 14.4 Å². The number of hydrogen-bond acceptors (Lipinski definition) is 4. The van der Waals surface area contributed by atoms with Crippen LogP contribution in [-0.4, -0.2) is 41.6 Å². The van der Waals surface area contributed by atoms with Crippen molar-refractivity contribution in [2.45, 2.75) is 31.7 Å². The fourth-order valence-electron chi connectivity index (χ4n) is 1.62. The lowest BCUT2D eigenvalue weighted by Crippen LogP contribution is -2.59. The SMILES string of the molecule is CCNC(=O)NC(=O)CNC1(C(=O)O)CCC1. The van der Waals surface area contributed by atoms with Crippen LogP contribution in [-0.2, 0) is 9.59 Å². The van der Waals surface area contributed by atoms with E-state index in [-0.39, 0.29) is 6.54 Å². The van der Waals surface area contributed by atoms with Crippen LogP contribution in [0.3, 0.4) is 0 Å². The van der Waals surface area contributed by atoms with Crippen molar-refractivity contribution in [2.75, 3.05) is 13.1 Å². The summed E-state index contributed by atoms with van der Waals surface area (Å²) in [6.07, 6.45) is 1.85. The van der Waals surface area contributed by atoms with E-state index in [1.807, 2.05) is 0 Å². The van der Waals surface area contributed by atoms with Gasteiger partial charge in [0.1, 0.15) is 5.54 Å². The predicted molar refractivity (Wildman–Crippen MR) is 59.4 cm³/mol. The number of carboxylic acids is 1. The second-order valence-electron chi connectivity index (χ2n) is 4.00. The molecular weight excluding hydrogens is 226 g/mol. The van der Waals surface area contributed by atoms with Crippen LogP contribution < -0.4 is 16.0 Å². The number of rotatable bonds is 5. The Bertz CT molecular complexity index is 326. The standard InChI is InChI=1S/C10H17N3O4/c1-2-11-9(17)13-7(14)6-12-10(8(15)16)4-3-5-10/h12H,2-6H2,1H3,(H,15,16)(H2,11,13,14,17). The number of urea groups is 1. The summed E-state index contributed by atoms with van der Waals surface area (Å²) in [5.41, 5.74) is -0.988. The maximum absolute atomic E-state index is 11.3. The first-order chi connectivity index (χ1) is 8.00. The van der Waals surface area contributed by atoms with Crippen molar-refractivity contribution in [2.24, 2.45) is 0 Å². The maximum atomic E-state index is 11.3. The first-order valence-corrected chi connectivity index (χ1v) is 5.56. The third kappa shape index (κ3) is 3.42. The zero-order chi connectivity index (χ0) is 12.9. The number of carboxylic acid groups (broad SMARTS) is 1. The molecule has 0 bridgehead atoms. The minimum atomic E-state index is -0.988. The summed E-state index contributed by atoms with van der Waals surface area (Å²) < 4.78 is 0. The number of nitrogens with one attached hydrogen (secondary N) is 3. The molecule has 1 fully saturated rings. The van der Waals surface area contributed by atoms with E-state index >= 15 is 0 Å². The molecule has 96 valence electrons. The Hall–Kier alpha value is -1.63. The Morgan fingerprint density at radius 2 is 1.94 bits per heavy atom. The van der Waals surface area contributed by atoms with Crippen LogP contribution in [0.25, 0.3) is 0 Å². The highest BCUT2D eigenvalue weighted by Crippen LogP contribution is 2.31. The number of imide groups is 1. The first kappa shape index (κ1) is 13.4. The van der Waals surface area contributed by atoms with Crippen LogP contribution in [0.5, 0.6) is 0 Å². The van der Waals surface area contributed by atoms with Gasteiger partial charge in [0.05, 0.1) is 6.54 Å². The van der Waals surface area contributed by atoms with Crippen LogP contribution >= 0.6 is 0 Å². The molecule has 0 aromatic heterocycles. The van der Waals surface area contributed by atoms with Gasteiger partial charge < -0.3 is 10.4 Å². The van der Waals surface area contributed by atoms with Crippen molar-refractivity contribution in [1.29, 1.82) is 0 Å². The van der Waals surface area contributed by atoms with E-state index in [1.54, 1.807) is 6.92 Å². The fourth-order valence-corrected chi connectivity index (χ4v) is 1.62. The molecule has 0 aliphatic heterocycles. The normalized spacial score (nSPS) is 16.8. The summed E-state index contributed by atoms with van der Waals surface area (Å²) in [7, 11) is 0. The lowest BCUT2D eigenvalue weighted by atomic mass is 9.77. The summed E-state index contributed by atoms with van der Waals surface area (Å²) in [5.74, 6) is -1.49. The van der Waals surface area contributed by atoms with E-state index in [0.29, 0.717) is 19.4 Å². The van der Waals surface area contributed by atoms with Gasteiger partial charge in [0.25, 0.3) is 0 Å². The summed E-state index contributed by atoms with van der Waals surface area (Å²) in [6, 6.07) is -0.572. The highest BCUT2D eigenvalue weighted by Gasteiger charge is 2.44. The Balaban J connectivity index is 2.32. The minimum absolute atomic E-state index is 0.177. The number of aliphatic carboxylic acids is 1. The molecule has 1 aliphatic carbocycles. The van der Waals surface area contributed by atoms with Crippen LogP contribution in [0.15, 0.2) is 0 Å². The summed E-state index contributed by atoms with van der Waals surface area (Å²) in [6.45, 7) is 1.98. The fraction of sp³-hybridized carbons (Fsp3) is 0.700. The molecule has 3 amide bonds. The lowest BCUT2D eigenvalue weighted by Gasteiger charge is -2.38. The van der Waals surface area contributed by atoms with Crippen LogP contribution in [0.2, 0.25) is 0 Å². The van der Waals surface area contributed by atoms with Gasteiger partial charge in [-0.15, -0.1) is 0 Å². The molecule has 1 saturated carbocycles. The van der Waals surface area contributed by atoms with Crippen LogP contribution in [0.4, 0.5) is 4.79 Å². The molecule has 0 atom stereocenters. The third-order valence-electron chi connectivity index (χ3n) is 2.79. The average molecular weight is 243 g/mol. The molecule has 0 heterocycles. The van der Waals surface area contributed by atoms with E-state index in [0.717, 1.165) is 6.42 Å². The van der Waals surface area contributed by atoms with Gasteiger partial charge in [-0.05, 0) is 26.2 Å². The largest absolute Gasteiger partial charge is 0.480 e. The van der Waals surface area contributed by atoms with Gasteiger partial charge in [-0.25, -0.2) is 4.79 Å². The van der Waals surface area contributed by atoms with Crippen LogP contribution in [0, 0.1) is 0 Å². The summed E-state index contributed by atoms with van der Waals surface area (Å²) in [5, 5.41) is 16.2. The molecule has 7 heteroatoms. The first-order valence-electron chi connectivity index (χ1n) is 5.56. The molecular formula is C10H17N3O4. The minimum Gasteiger partial charge on any atom is -0.480 e. The van der Waals surface area contributed by atoms with Gasteiger partial charge in [-0.3, -0.25) is 20.2 Å². The Labute approximate surface area is 98.9 Å². The van der Waals surface area contributed by atoms with Gasteiger partial charge in [0, 0.05) is 6.54 Å². The van der Waals surface area contributed by atoms with Crippen molar-refractivity contribution < 1.29 is 19.5 Å². The molecule has 0 radical (unpaired) electrons. The second-order valence-corrected chi connectivity index (χ2v) is 4.00. The van der Waals surface area contributed by atoms with Gasteiger partial charge in [0.15, 0.2) is 0 Å². The molecule has 17 heavy (non-hydrogen) atoms. The Morgan fingerprint density at radius 1 is 1.29 bits per heavy atom. The number of hydrogen-bond donors (Lipinski definition) is 4. The quantitative estimate of drug-likeness (QED) is 0.517. The molecule has 0 unspecified atom stereocenters. The van der Waals surface area contributed by atoms with Crippen molar-refractivity contribution in [3.05, 3.63) is 0 Å². The monoisotopic (exact) mass is 243 g/mol. The molecule has 0 aromatic carbocycles. The van der Waals surface area contributed by atoms with Crippen molar-refractivity contribution in [1.82, 2.24) is 16.0 Å².